The van der Waals surface area contributed by atoms with Gasteiger partial charge in [0.25, 0.3) is 0 Å². The molecule has 0 aromatic heterocycles. The van der Waals surface area contributed by atoms with E-state index in [1.165, 1.54) is 17.0 Å². The Kier molecular flexibility index (Phi) is 1.69. The Labute approximate surface area is 74.9 Å². The zero-order chi connectivity index (χ0) is 9.42. The van der Waals surface area contributed by atoms with E-state index in [0.717, 1.165) is 0 Å². The van der Waals surface area contributed by atoms with Crippen LogP contribution in [0.4, 0.5) is 15.8 Å². The van der Waals surface area contributed by atoms with Crippen molar-refractivity contribution in [3.05, 3.63) is 24.0 Å². The lowest BCUT2D eigenvalue weighted by Crippen LogP contribution is -2.44. The monoisotopic (exact) mass is 180 g/mol. The fourth-order valence-electron chi connectivity index (χ4n) is 1.37. The number of hydrogen-bond acceptors (Lipinski definition) is 2. The molecule has 0 radical (unpaired) electrons. The van der Waals surface area contributed by atoms with Crippen LogP contribution in [0.1, 0.15) is 6.42 Å². The first kappa shape index (κ1) is 8.04. The van der Waals surface area contributed by atoms with Crippen molar-refractivity contribution in [1.29, 1.82) is 0 Å². The van der Waals surface area contributed by atoms with E-state index in [1.807, 2.05) is 0 Å². The first-order valence-electron chi connectivity index (χ1n) is 4.04. The first-order chi connectivity index (χ1) is 6.20. The molecule has 1 aromatic carbocycles. The van der Waals surface area contributed by atoms with Crippen molar-refractivity contribution in [2.24, 2.45) is 0 Å². The van der Waals surface area contributed by atoms with Crippen LogP contribution in [-0.2, 0) is 4.79 Å². The highest BCUT2D eigenvalue weighted by molar-refractivity contribution is 6.01. The Hall–Kier alpha value is -1.58. The van der Waals surface area contributed by atoms with Gasteiger partial charge in [0.1, 0.15) is 11.5 Å². The number of nitrogens with zero attached hydrogens (tertiary/aromatic N) is 1. The first-order valence-corrected chi connectivity index (χ1v) is 4.04. The summed E-state index contributed by atoms with van der Waals surface area (Å²) < 4.78 is 13.2. The van der Waals surface area contributed by atoms with Crippen LogP contribution < -0.4 is 10.6 Å². The summed E-state index contributed by atoms with van der Waals surface area (Å²) in [7, 11) is 0. The summed E-state index contributed by atoms with van der Waals surface area (Å²) in [5.41, 5.74) is 6.09. The maximum absolute atomic E-state index is 13.2. The van der Waals surface area contributed by atoms with Gasteiger partial charge in [0.15, 0.2) is 0 Å². The fourth-order valence-corrected chi connectivity index (χ4v) is 1.37. The Morgan fingerprint density at radius 2 is 2.23 bits per heavy atom. The number of amides is 1. The van der Waals surface area contributed by atoms with Crippen LogP contribution in [0.25, 0.3) is 0 Å². The number of para-hydroxylation sites is 1. The summed E-state index contributed by atoms with van der Waals surface area (Å²) in [6.45, 7) is 0.559. The summed E-state index contributed by atoms with van der Waals surface area (Å²) in [6.07, 6.45) is 0.480. The van der Waals surface area contributed by atoms with E-state index in [-0.39, 0.29) is 11.6 Å². The third kappa shape index (κ3) is 1.14. The summed E-state index contributed by atoms with van der Waals surface area (Å²) in [6, 6.07) is 4.42. The van der Waals surface area contributed by atoms with Crippen LogP contribution >= 0.6 is 0 Å². The number of benzene rings is 1. The van der Waals surface area contributed by atoms with E-state index in [1.54, 1.807) is 6.07 Å². The van der Waals surface area contributed by atoms with Crippen molar-refractivity contribution in [2.45, 2.75) is 6.42 Å². The summed E-state index contributed by atoms with van der Waals surface area (Å²) >= 11 is 0. The molecular formula is C9H9FN2O. The molecule has 0 aliphatic carbocycles. The third-order valence-corrected chi connectivity index (χ3v) is 2.14. The number of carbonyl (C=O) groups excluding carboxylic acids is 1. The zero-order valence-corrected chi connectivity index (χ0v) is 6.96. The molecule has 0 spiro atoms. The van der Waals surface area contributed by atoms with Gasteiger partial charge in [-0.25, -0.2) is 4.39 Å². The Balaban J connectivity index is 2.44. The molecule has 4 heteroatoms. The number of rotatable bonds is 1. The standard InChI is InChI=1S/C9H9FN2O/c10-6-2-1-3-7(11)9(6)12-5-4-8(12)13/h1-3H,4-5,11H2. The molecule has 0 saturated carbocycles. The SMILES string of the molecule is Nc1cccc(F)c1N1CCC1=O. The van der Waals surface area contributed by atoms with Crippen LogP contribution in [0.15, 0.2) is 18.2 Å². The molecular weight excluding hydrogens is 171 g/mol. The molecule has 1 heterocycles. The average Bonchev–Trinajstić information content (AvgIpc) is 2.09. The second-order valence-electron chi connectivity index (χ2n) is 2.97. The molecule has 0 bridgehead atoms. The number of nitrogens with two attached hydrogens (primary N) is 1. The Morgan fingerprint density at radius 1 is 1.46 bits per heavy atom. The smallest absolute Gasteiger partial charge is 0.228 e. The van der Waals surface area contributed by atoms with E-state index in [2.05, 4.69) is 0 Å². The van der Waals surface area contributed by atoms with Crippen molar-refractivity contribution in [1.82, 2.24) is 0 Å². The highest BCUT2D eigenvalue weighted by Gasteiger charge is 2.28. The van der Waals surface area contributed by atoms with Crippen LogP contribution in [0.3, 0.4) is 0 Å². The molecule has 1 fully saturated rings. The molecule has 2 N–H and O–H groups in total. The van der Waals surface area contributed by atoms with E-state index >= 15 is 0 Å². The molecule has 1 amide bonds. The summed E-state index contributed by atoms with van der Waals surface area (Å²) in [4.78, 5) is 12.4. The van der Waals surface area contributed by atoms with Gasteiger partial charge in [0.05, 0.1) is 5.69 Å². The van der Waals surface area contributed by atoms with Gasteiger partial charge in [-0.3, -0.25) is 4.79 Å². The molecule has 68 valence electrons. The van der Waals surface area contributed by atoms with Crippen molar-refractivity contribution in [3.63, 3.8) is 0 Å². The summed E-state index contributed by atoms with van der Waals surface area (Å²) in [5.74, 6) is -0.509. The quantitative estimate of drug-likeness (QED) is 0.520. The topological polar surface area (TPSA) is 46.3 Å². The molecule has 1 saturated heterocycles. The van der Waals surface area contributed by atoms with Crippen LogP contribution in [-0.4, -0.2) is 12.5 Å². The zero-order valence-electron chi connectivity index (χ0n) is 6.96. The van der Waals surface area contributed by atoms with Gasteiger partial charge in [0, 0.05) is 13.0 Å². The molecule has 1 aromatic rings. The minimum Gasteiger partial charge on any atom is -0.397 e. The normalized spacial score (nSPS) is 15.8. The Morgan fingerprint density at radius 3 is 2.69 bits per heavy atom. The predicted octanol–water partition coefficient (Wildman–Crippen LogP) is 1.14. The van der Waals surface area contributed by atoms with Gasteiger partial charge in [-0.15, -0.1) is 0 Å². The second-order valence-corrected chi connectivity index (χ2v) is 2.97. The lowest BCUT2D eigenvalue weighted by molar-refractivity contribution is -0.122. The number of halogens is 1. The molecule has 2 rings (SSSR count). The molecule has 13 heavy (non-hydrogen) atoms. The second kappa shape index (κ2) is 2.73. The summed E-state index contributed by atoms with van der Waals surface area (Å²) in [5, 5.41) is 0. The van der Waals surface area contributed by atoms with E-state index in [0.29, 0.717) is 18.7 Å². The average molecular weight is 180 g/mol. The number of hydrogen-bond donors (Lipinski definition) is 1. The highest BCUT2D eigenvalue weighted by Crippen LogP contribution is 2.30. The molecule has 1 aliphatic heterocycles. The number of β-lactam (4-membered cyclic amide) rings is 1. The predicted molar refractivity (Wildman–Crippen MR) is 47.8 cm³/mol. The maximum atomic E-state index is 13.2. The van der Waals surface area contributed by atoms with Crippen LogP contribution in [0.5, 0.6) is 0 Å². The van der Waals surface area contributed by atoms with E-state index in [4.69, 9.17) is 5.73 Å². The minimum atomic E-state index is -0.437. The van der Waals surface area contributed by atoms with Gasteiger partial charge in [-0.05, 0) is 12.1 Å². The highest BCUT2D eigenvalue weighted by atomic mass is 19.1. The lowest BCUT2D eigenvalue weighted by atomic mass is 10.1. The van der Waals surface area contributed by atoms with Gasteiger partial charge >= 0.3 is 0 Å². The fraction of sp³-hybridized carbons (Fsp3) is 0.222. The maximum Gasteiger partial charge on any atom is 0.228 e. The minimum absolute atomic E-state index is 0.0724. The van der Waals surface area contributed by atoms with Crippen molar-refractivity contribution >= 4 is 17.3 Å². The number of nitrogen functional groups attached to an aromatic ring is 1. The number of anilines is 2. The molecule has 1 aliphatic rings. The van der Waals surface area contributed by atoms with Gasteiger partial charge in [0.2, 0.25) is 5.91 Å². The van der Waals surface area contributed by atoms with Gasteiger partial charge < -0.3 is 10.6 Å². The van der Waals surface area contributed by atoms with Crippen molar-refractivity contribution in [3.8, 4) is 0 Å². The molecule has 3 nitrogen and oxygen atoms in total. The molecule has 0 unspecified atom stereocenters. The largest absolute Gasteiger partial charge is 0.397 e. The Bertz CT molecular complexity index is 344. The third-order valence-electron chi connectivity index (χ3n) is 2.14. The number of carbonyl (C=O) groups is 1. The van der Waals surface area contributed by atoms with Crippen molar-refractivity contribution < 1.29 is 9.18 Å². The van der Waals surface area contributed by atoms with Crippen molar-refractivity contribution in [2.75, 3.05) is 17.2 Å². The van der Waals surface area contributed by atoms with E-state index in [9.17, 15) is 9.18 Å². The van der Waals surface area contributed by atoms with Gasteiger partial charge in [-0.1, -0.05) is 6.07 Å². The van der Waals surface area contributed by atoms with Crippen LogP contribution in [0, 0.1) is 5.82 Å². The lowest BCUT2D eigenvalue weighted by Gasteiger charge is -2.31. The molecule has 0 atom stereocenters. The van der Waals surface area contributed by atoms with Crippen LogP contribution in [0.2, 0.25) is 0 Å². The van der Waals surface area contributed by atoms with E-state index < -0.39 is 5.82 Å². The van der Waals surface area contributed by atoms with Gasteiger partial charge in [-0.2, -0.15) is 0 Å².